The molecule has 1 aromatic heterocycles. The molecule has 2 aliphatic rings. The molecular weight excluding hydrogens is 402 g/mol. The van der Waals surface area contributed by atoms with Crippen molar-refractivity contribution in [3.05, 3.63) is 71.0 Å². The lowest BCUT2D eigenvalue weighted by Gasteiger charge is -2.26. The van der Waals surface area contributed by atoms with Gasteiger partial charge < -0.3 is 10.2 Å². The number of fused-ring (bicyclic) bond motifs is 1. The van der Waals surface area contributed by atoms with Crippen molar-refractivity contribution in [2.75, 3.05) is 17.6 Å². The summed E-state index contributed by atoms with van der Waals surface area (Å²) in [4.78, 5) is 14.3. The number of rotatable bonds is 4. The first-order valence-electron chi connectivity index (χ1n) is 8.46. The molecule has 0 radical (unpaired) electrons. The van der Waals surface area contributed by atoms with Gasteiger partial charge in [0.1, 0.15) is 11.7 Å². The molecule has 2 aromatic rings. The minimum absolute atomic E-state index is 0.0812. The molecule has 1 N–H and O–H groups in total. The number of hydrogen-bond donors (Lipinski definition) is 1. The van der Waals surface area contributed by atoms with E-state index in [0.29, 0.717) is 28.8 Å². The fourth-order valence-electron chi connectivity index (χ4n) is 2.90. The van der Waals surface area contributed by atoms with Gasteiger partial charge >= 0.3 is 0 Å². The Balaban J connectivity index is 1.49. The predicted molar refractivity (Wildman–Crippen MR) is 107 cm³/mol. The SMILES string of the molecule is O=C(Nc1ccnn1Cc1cccc(Cl)c1)C1=CN2CCS(=O)(=O)N=C2C=C1. The number of aromatic nitrogens is 2. The lowest BCUT2D eigenvalue weighted by Crippen LogP contribution is -2.37. The number of nitrogens with zero attached hydrogens (tertiary/aromatic N) is 4. The highest BCUT2D eigenvalue weighted by molar-refractivity contribution is 7.90. The third-order valence-electron chi connectivity index (χ3n) is 4.27. The van der Waals surface area contributed by atoms with Crippen molar-refractivity contribution in [2.45, 2.75) is 6.54 Å². The van der Waals surface area contributed by atoms with Crippen LogP contribution < -0.4 is 5.32 Å². The Labute approximate surface area is 166 Å². The van der Waals surface area contributed by atoms with Gasteiger partial charge in [0.15, 0.2) is 0 Å². The van der Waals surface area contributed by atoms with Crippen LogP contribution in [0, 0.1) is 0 Å². The summed E-state index contributed by atoms with van der Waals surface area (Å²) in [7, 11) is -3.43. The lowest BCUT2D eigenvalue weighted by molar-refractivity contribution is -0.112. The van der Waals surface area contributed by atoms with Gasteiger partial charge in [-0.25, -0.2) is 13.1 Å². The van der Waals surface area contributed by atoms with Crippen LogP contribution in [0.25, 0.3) is 0 Å². The van der Waals surface area contributed by atoms with Crippen LogP contribution in [0.2, 0.25) is 5.02 Å². The summed E-state index contributed by atoms with van der Waals surface area (Å²) in [6.07, 6.45) is 6.27. The number of carbonyl (C=O) groups excluding carboxylic acids is 1. The highest BCUT2D eigenvalue weighted by atomic mass is 35.5. The van der Waals surface area contributed by atoms with Crippen LogP contribution in [0.5, 0.6) is 0 Å². The Kier molecular flexibility index (Phi) is 4.78. The van der Waals surface area contributed by atoms with Crippen molar-refractivity contribution in [3.63, 3.8) is 0 Å². The summed E-state index contributed by atoms with van der Waals surface area (Å²) >= 11 is 6.02. The third-order valence-corrected chi connectivity index (χ3v) is 5.66. The monoisotopic (exact) mass is 417 g/mol. The Hall–Kier alpha value is -2.91. The molecule has 2 aliphatic heterocycles. The van der Waals surface area contributed by atoms with Gasteiger partial charge in [-0.05, 0) is 29.8 Å². The minimum atomic E-state index is -3.43. The van der Waals surface area contributed by atoms with Crippen molar-refractivity contribution in [2.24, 2.45) is 4.40 Å². The first kappa shape index (κ1) is 18.5. The molecule has 1 aromatic carbocycles. The number of halogens is 1. The number of amides is 1. The van der Waals surface area contributed by atoms with Crippen LogP contribution in [-0.4, -0.2) is 47.1 Å². The van der Waals surface area contributed by atoms with Crippen LogP contribution in [0.3, 0.4) is 0 Å². The summed E-state index contributed by atoms with van der Waals surface area (Å²) in [5, 5.41) is 7.71. The van der Waals surface area contributed by atoms with Crippen LogP contribution in [0.4, 0.5) is 5.82 Å². The largest absolute Gasteiger partial charge is 0.330 e. The first-order valence-corrected chi connectivity index (χ1v) is 10.5. The molecule has 0 bridgehead atoms. The summed E-state index contributed by atoms with van der Waals surface area (Å²) < 4.78 is 28.5. The second-order valence-corrected chi connectivity index (χ2v) is 8.50. The topological polar surface area (TPSA) is 96.7 Å². The van der Waals surface area contributed by atoms with Crippen molar-refractivity contribution < 1.29 is 13.2 Å². The number of anilines is 1. The molecule has 8 nitrogen and oxygen atoms in total. The van der Waals surface area contributed by atoms with Crippen molar-refractivity contribution in [3.8, 4) is 0 Å². The Bertz CT molecular complexity index is 1130. The zero-order chi connectivity index (χ0) is 19.7. The van der Waals surface area contributed by atoms with Crippen LogP contribution in [-0.2, 0) is 21.4 Å². The smallest absolute Gasteiger partial charge is 0.258 e. The lowest BCUT2D eigenvalue weighted by atomic mass is 10.2. The Morgan fingerprint density at radius 3 is 2.93 bits per heavy atom. The number of sulfonamides is 1. The average Bonchev–Trinajstić information content (AvgIpc) is 3.07. The van der Waals surface area contributed by atoms with E-state index < -0.39 is 10.0 Å². The van der Waals surface area contributed by atoms with Crippen LogP contribution >= 0.6 is 11.6 Å². The molecule has 10 heteroatoms. The third kappa shape index (κ3) is 4.00. The fourth-order valence-corrected chi connectivity index (χ4v) is 4.08. The molecule has 0 spiro atoms. The Morgan fingerprint density at radius 2 is 2.11 bits per heavy atom. The molecule has 0 saturated carbocycles. The molecule has 0 saturated heterocycles. The minimum Gasteiger partial charge on any atom is -0.330 e. The van der Waals surface area contributed by atoms with Gasteiger partial charge in [-0.3, -0.25) is 4.79 Å². The maximum atomic E-state index is 12.6. The molecule has 28 heavy (non-hydrogen) atoms. The van der Waals surface area contributed by atoms with Gasteiger partial charge in [0.25, 0.3) is 15.9 Å². The molecule has 0 aliphatic carbocycles. The maximum absolute atomic E-state index is 12.6. The van der Waals surface area contributed by atoms with E-state index >= 15 is 0 Å². The summed E-state index contributed by atoms with van der Waals surface area (Å²) in [5.74, 6) is 0.452. The highest BCUT2D eigenvalue weighted by Crippen LogP contribution is 2.18. The average molecular weight is 418 g/mol. The maximum Gasteiger partial charge on any atom is 0.258 e. The van der Waals surface area contributed by atoms with Gasteiger partial charge in [-0.15, -0.1) is 4.40 Å². The number of nitrogens with one attached hydrogen (secondary N) is 1. The molecule has 0 unspecified atom stereocenters. The van der Waals surface area contributed by atoms with Crippen LogP contribution in [0.1, 0.15) is 5.56 Å². The van der Waals surface area contributed by atoms with E-state index in [9.17, 15) is 13.2 Å². The van der Waals surface area contributed by atoms with E-state index in [4.69, 9.17) is 11.6 Å². The second kappa shape index (κ2) is 7.25. The molecular formula is C18H16ClN5O3S. The van der Waals surface area contributed by atoms with Gasteiger partial charge in [0, 0.05) is 23.8 Å². The zero-order valence-electron chi connectivity index (χ0n) is 14.6. The molecule has 0 atom stereocenters. The molecule has 1 amide bonds. The normalized spacial score (nSPS) is 17.5. The van der Waals surface area contributed by atoms with Gasteiger partial charge in [0.2, 0.25) is 0 Å². The van der Waals surface area contributed by atoms with E-state index in [-0.39, 0.29) is 18.2 Å². The van der Waals surface area contributed by atoms with Crippen molar-refractivity contribution in [1.82, 2.24) is 14.7 Å². The van der Waals surface area contributed by atoms with E-state index in [1.807, 2.05) is 18.2 Å². The number of benzene rings is 1. The summed E-state index contributed by atoms with van der Waals surface area (Å²) in [6.45, 7) is 0.716. The van der Waals surface area contributed by atoms with Gasteiger partial charge in [0.05, 0.1) is 24.1 Å². The zero-order valence-corrected chi connectivity index (χ0v) is 16.2. The number of hydrogen-bond acceptors (Lipinski definition) is 5. The van der Waals surface area contributed by atoms with E-state index in [2.05, 4.69) is 14.8 Å². The quantitative estimate of drug-likeness (QED) is 0.820. The number of amidine groups is 1. The predicted octanol–water partition coefficient (Wildman–Crippen LogP) is 2.02. The first-order chi connectivity index (χ1) is 13.4. The molecule has 4 rings (SSSR count). The fraction of sp³-hybridized carbons (Fsp3) is 0.167. The molecule has 3 heterocycles. The van der Waals surface area contributed by atoms with Crippen molar-refractivity contribution >= 4 is 39.2 Å². The van der Waals surface area contributed by atoms with Gasteiger partial charge in [-0.1, -0.05) is 23.7 Å². The standard InChI is InChI=1S/C18H16ClN5O3S/c19-15-3-1-2-13(10-15)11-24-16(6-7-20-24)21-18(25)14-4-5-17-22-28(26,27)9-8-23(17)12-14/h1-7,10,12H,8-9,11H2,(H,21,25). The van der Waals surface area contributed by atoms with E-state index in [1.54, 1.807) is 40.2 Å². The van der Waals surface area contributed by atoms with Crippen molar-refractivity contribution in [1.29, 1.82) is 0 Å². The van der Waals surface area contributed by atoms with Crippen LogP contribution in [0.15, 0.2) is 64.9 Å². The molecule has 0 fully saturated rings. The number of carbonyl (C=O) groups is 1. The second-order valence-electron chi connectivity index (χ2n) is 6.30. The van der Waals surface area contributed by atoms with Gasteiger partial charge in [-0.2, -0.15) is 5.10 Å². The molecule has 144 valence electrons. The van der Waals surface area contributed by atoms with E-state index in [1.165, 1.54) is 6.08 Å². The highest BCUT2D eigenvalue weighted by Gasteiger charge is 2.25. The summed E-state index contributed by atoms with van der Waals surface area (Å²) in [6, 6.07) is 9.12. The van der Waals surface area contributed by atoms with E-state index in [0.717, 1.165) is 5.56 Å². The Morgan fingerprint density at radius 1 is 1.25 bits per heavy atom. The summed E-state index contributed by atoms with van der Waals surface area (Å²) in [5.41, 5.74) is 1.35.